The zero-order valence-corrected chi connectivity index (χ0v) is 26.0. The highest BCUT2D eigenvalue weighted by Gasteiger charge is 2.23. The number of hydrogen-bond acceptors (Lipinski definition) is 2. The number of fused-ring (bicyclic) bond motifs is 2. The summed E-state index contributed by atoms with van der Waals surface area (Å²) in [6.07, 6.45) is 33.9. The lowest BCUT2D eigenvalue weighted by atomic mass is 9.84. The standard InChI is InChI=1S/C44H38N2/c1-3-15-39(16-4-1)45(43-29-23-33-11-7-9-13-37(33)31-43)41-25-19-35(20-26-41)36-21-27-42(28-22-36)46(40-17-5-2-6-18-40)44-30-24-34-12-8-10-14-38(34)32-44/h1,3,5,7-15,17-33,37H,2,4,6,16H2. The lowest BCUT2D eigenvalue weighted by Crippen LogP contribution is -2.25. The van der Waals surface area contributed by atoms with E-state index in [0.717, 1.165) is 31.4 Å². The van der Waals surface area contributed by atoms with Crippen LogP contribution in [-0.2, 0) is 0 Å². The van der Waals surface area contributed by atoms with Gasteiger partial charge in [0.1, 0.15) is 0 Å². The monoisotopic (exact) mass is 594 g/mol. The quantitative estimate of drug-likeness (QED) is 0.210. The number of allylic oxidation sites excluding steroid dienone is 14. The van der Waals surface area contributed by atoms with Gasteiger partial charge < -0.3 is 9.80 Å². The molecule has 0 aliphatic heterocycles. The van der Waals surface area contributed by atoms with Gasteiger partial charge in [-0.15, -0.1) is 0 Å². The molecule has 0 aromatic heterocycles. The van der Waals surface area contributed by atoms with E-state index in [2.05, 4.69) is 180 Å². The molecule has 0 spiro atoms. The summed E-state index contributed by atoms with van der Waals surface area (Å²) in [4.78, 5) is 4.83. The maximum Gasteiger partial charge on any atom is 0.0467 e. The maximum absolute atomic E-state index is 2.45. The van der Waals surface area contributed by atoms with E-state index < -0.39 is 0 Å². The Morgan fingerprint density at radius 3 is 1.96 bits per heavy atom. The fourth-order valence-corrected chi connectivity index (χ4v) is 7.00. The van der Waals surface area contributed by atoms with Gasteiger partial charge >= 0.3 is 0 Å². The molecule has 4 aliphatic rings. The Bertz CT molecular complexity index is 1990. The van der Waals surface area contributed by atoms with Gasteiger partial charge in [-0.25, -0.2) is 0 Å². The molecule has 46 heavy (non-hydrogen) atoms. The van der Waals surface area contributed by atoms with E-state index >= 15 is 0 Å². The molecule has 4 aromatic rings. The molecule has 0 saturated carbocycles. The first-order valence-electron chi connectivity index (χ1n) is 16.6. The van der Waals surface area contributed by atoms with Gasteiger partial charge in [-0.1, -0.05) is 115 Å². The van der Waals surface area contributed by atoms with Crippen LogP contribution in [0.15, 0.2) is 187 Å². The predicted octanol–water partition coefficient (Wildman–Crippen LogP) is 11.7. The Morgan fingerprint density at radius 1 is 0.522 bits per heavy atom. The molecular weight excluding hydrogens is 556 g/mol. The van der Waals surface area contributed by atoms with E-state index in [1.807, 2.05) is 0 Å². The first-order chi connectivity index (χ1) is 22.8. The van der Waals surface area contributed by atoms with Crippen LogP contribution >= 0.6 is 0 Å². The van der Waals surface area contributed by atoms with Crippen molar-refractivity contribution < 1.29 is 0 Å². The Hall–Kier alpha value is -5.34. The average Bonchev–Trinajstić information content (AvgIpc) is 3.13. The summed E-state index contributed by atoms with van der Waals surface area (Å²) in [6, 6.07) is 33.5. The van der Waals surface area contributed by atoms with Crippen LogP contribution in [0.1, 0.15) is 25.7 Å². The molecule has 8 rings (SSSR count). The topological polar surface area (TPSA) is 6.48 Å². The molecule has 0 bridgehead atoms. The van der Waals surface area contributed by atoms with Crippen LogP contribution in [0.4, 0.5) is 17.1 Å². The highest BCUT2D eigenvalue weighted by molar-refractivity contribution is 5.88. The van der Waals surface area contributed by atoms with E-state index in [1.54, 1.807) is 0 Å². The van der Waals surface area contributed by atoms with Crippen LogP contribution in [0.2, 0.25) is 0 Å². The van der Waals surface area contributed by atoms with E-state index in [1.165, 1.54) is 50.4 Å². The number of hydrogen-bond donors (Lipinski definition) is 0. The number of benzene rings is 4. The molecule has 0 fully saturated rings. The summed E-state index contributed by atoms with van der Waals surface area (Å²) in [5.41, 5.74) is 9.79. The minimum Gasteiger partial charge on any atom is -0.315 e. The molecule has 0 amide bonds. The zero-order valence-electron chi connectivity index (χ0n) is 26.0. The molecule has 4 aromatic carbocycles. The largest absolute Gasteiger partial charge is 0.315 e. The lowest BCUT2D eigenvalue weighted by molar-refractivity contribution is 0.651. The SMILES string of the molecule is C1=CCCC(N(C2=CC3C=CC=CC3C=C2)c2ccc(-c3ccc(N(C4=CCCC=C4)c4ccc5ccccc5c4)cc3)cc2)=C1. The molecule has 0 N–H and O–H groups in total. The van der Waals surface area contributed by atoms with Gasteiger partial charge in [0.25, 0.3) is 0 Å². The van der Waals surface area contributed by atoms with Crippen molar-refractivity contribution in [2.45, 2.75) is 25.7 Å². The third-order valence-electron chi connectivity index (χ3n) is 9.42. The molecule has 2 nitrogen and oxygen atoms in total. The van der Waals surface area contributed by atoms with Gasteiger partial charge in [0.2, 0.25) is 0 Å². The van der Waals surface area contributed by atoms with E-state index in [0.29, 0.717) is 11.8 Å². The summed E-state index contributed by atoms with van der Waals surface area (Å²) < 4.78 is 0. The van der Waals surface area contributed by atoms with Crippen molar-refractivity contribution in [2.75, 3.05) is 9.80 Å². The zero-order chi connectivity index (χ0) is 30.7. The predicted molar refractivity (Wildman–Crippen MR) is 196 cm³/mol. The summed E-state index contributed by atoms with van der Waals surface area (Å²) in [7, 11) is 0. The van der Waals surface area contributed by atoms with E-state index in [9.17, 15) is 0 Å². The van der Waals surface area contributed by atoms with Crippen molar-refractivity contribution in [1.29, 1.82) is 0 Å². The molecular formula is C44H38N2. The highest BCUT2D eigenvalue weighted by atomic mass is 15.2. The molecule has 0 saturated heterocycles. The lowest BCUT2D eigenvalue weighted by Gasteiger charge is -2.33. The maximum atomic E-state index is 2.45. The summed E-state index contributed by atoms with van der Waals surface area (Å²) in [5, 5.41) is 2.51. The second-order valence-electron chi connectivity index (χ2n) is 12.4. The van der Waals surface area contributed by atoms with Crippen molar-refractivity contribution in [3.05, 3.63) is 187 Å². The first kappa shape index (κ1) is 28.2. The van der Waals surface area contributed by atoms with Crippen LogP contribution in [0.3, 0.4) is 0 Å². The summed E-state index contributed by atoms with van der Waals surface area (Å²) in [5.74, 6) is 0.850. The Balaban J connectivity index is 1.09. The second kappa shape index (κ2) is 12.6. The van der Waals surface area contributed by atoms with E-state index in [-0.39, 0.29) is 0 Å². The van der Waals surface area contributed by atoms with Crippen LogP contribution in [0.25, 0.3) is 21.9 Å². The van der Waals surface area contributed by atoms with Gasteiger partial charge in [-0.2, -0.15) is 0 Å². The number of anilines is 3. The van der Waals surface area contributed by atoms with E-state index in [4.69, 9.17) is 0 Å². The average molecular weight is 595 g/mol. The Morgan fingerprint density at radius 2 is 1.24 bits per heavy atom. The third kappa shape index (κ3) is 5.63. The van der Waals surface area contributed by atoms with Gasteiger partial charge in [0, 0.05) is 46.0 Å². The summed E-state index contributed by atoms with van der Waals surface area (Å²) >= 11 is 0. The third-order valence-corrected chi connectivity index (χ3v) is 9.42. The van der Waals surface area contributed by atoms with Gasteiger partial charge in [-0.05, 0) is 102 Å². The number of nitrogens with zero attached hydrogens (tertiary/aromatic N) is 2. The second-order valence-corrected chi connectivity index (χ2v) is 12.4. The van der Waals surface area contributed by atoms with Crippen LogP contribution in [-0.4, -0.2) is 0 Å². The van der Waals surface area contributed by atoms with Gasteiger partial charge in [0.05, 0.1) is 0 Å². The minimum absolute atomic E-state index is 0.402. The Labute approximate surface area is 272 Å². The van der Waals surface area contributed by atoms with Crippen LogP contribution < -0.4 is 9.80 Å². The Kier molecular flexibility index (Phi) is 7.70. The van der Waals surface area contributed by atoms with Crippen molar-refractivity contribution in [3.8, 4) is 11.1 Å². The molecule has 0 radical (unpaired) electrons. The highest BCUT2D eigenvalue weighted by Crippen LogP contribution is 2.38. The van der Waals surface area contributed by atoms with Crippen molar-refractivity contribution >= 4 is 27.8 Å². The minimum atomic E-state index is 0.402. The van der Waals surface area contributed by atoms with Gasteiger partial charge in [0.15, 0.2) is 0 Å². The van der Waals surface area contributed by atoms with Crippen molar-refractivity contribution in [2.24, 2.45) is 11.8 Å². The molecule has 2 heteroatoms. The van der Waals surface area contributed by atoms with Gasteiger partial charge in [-0.3, -0.25) is 0 Å². The molecule has 4 aliphatic carbocycles. The fraction of sp³-hybridized carbons (Fsp3) is 0.136. The summed E-state index contributed by atoms with van der Waals surface area (Å²) in [6.45, 7) is 0. The number of rotatable bonds is 7. The molecule has 224 valence electrons. The van der Waals surface area contributed by atoms with Crippen molar-refractivity contribution in [1.82, 2.24) is 0 Å². The van der Waals surface area contributed by atoms with Crippen molar-refractivity contribution in [3.63, 3.8) is 0 Å². The smallest absolute Gasteiger partial charge is 0.0467 e. The molecule has 2 atom stereocenters. The molecule has 2 unspecified atom stereocenters. The van der Waals surface area contributed by atoms with Crippen LogP contribution in [0.5, 0.6) is 0 Å². The first-order valence-corrected chi connectivity index (χ1v) is 16.6. The van der Waals surface area contributed by atoms with Crippen LogP contribution in [0, 0.1) is 11.8 Å². The molecule has 0 heterocycles. The normalized spacial score (nSPS) is 19.8. The fourth-order valence-electron chi connectivity index (χ4n) is 7.00.